The van der Waals surface area contributed by atoms with Crippen LogP contribution < -0.4 is 11.1 Å². The van der Waals surface area contributed by atoms with Gasteiger partial charge >= 0.3 is 0 Å². The first-order chi connectivity index (χ1) is 8.69. The van der Waals surface area contributed by atoms with Gasteiger partial charge in [-0.1, -0.05) is 12.1 Å². The highest BCUT2D eigenvalue weighted by molar-refractivity contribution is 14.1. The van der Waals surface area contributed by atoms with Crippen LogP contribution >= 0.6 is 22.6 Å². The number of halogens is 1. The Bertz CT molecular complexity index is 602. The van der Waals surface area contributed by atoms with E-state index in [1.54, 1.807) is 6.07 Å². The topological polar surface area (TPSA) is 61.8 Å². The van der Waals surface area contributed by atoms with Gasteiger partial charge in [0, 0.05) is 10.1 Å². The van der Waals surface area contributed by atoms with Crippen LogP contribution in [0.2, 0.25) is 0 Å². The van der Waals surface area contributed by atoms with Crippen LogP contribution in [0.1, 0.15) is 11.1 Å². The van der Waals surface area contributed by atoms with E-state index in [4.69, 9.17) is 11.0 Å². The van der Waals surface area contributed by atoms with Gasteiger partial charge in [-0.25, -0.2) is 0 Å². The average molecular weight is 349 g/mol. The van der Waals surface area contributed by atoms with Gasteiger partial charge in [-0.3, -0.25) is 0 Å². The number of rotatable bonds is 3. The third kappa shape index (κ3) is 3.14. The molecule has 0 unspecified atom stereocenters. The highest BCUT2D eigenvalue weighted by Crippen LogP contribution is 2.21. The van der Waals surface area contributed by atoms with E-state index in [1.807, 2.05) is 36.4 Å². The molecule has 0 radical (unpaired) electrons. The quantitative estimate of drug-likeness (QED) is 0.660. The molecule has 0 bridgehead atoms. The lowest BCUT2D eigenvalue weighted by Gasteiger charge is -2.09. The van der Waals surface area contributed by atoms with E-state index < -0.39 is 0 Å². The van der Waals surface area contributed by atoms with Crippen molar-refractivity contribution in [1.29, 1.82) is 5.26 Å². The molecule has 0 saturated carbocycles. The van der Waals surface area contributed by atoms with Gasteiger partial charge in [-0.05, 0) is 58.5 Å². The van der Waals surface area contributed by atoms with Crippen molar-refractivity contribution in [3.05, 3.63) is 57.2 Å². The molecule has 2 aromatic carbocycles. The maximum Gasteiger partial charge on any atom is 0.0991 e. The Morgan fingerprint density at radius 2 is 2.06 bits per heavy atom. The van der Waals surface area contributed by atoms with E-state index in [-0.39, 0.29) is 0 Å². The molecule has 0 aliphatic rings. The van der Waals surface area contributed by atoms with Gasteiger partial charge in [-0.2, -0.15) is 5.26 Å². The maximum absolute atomic E-state index is 8.83. The summed E-state index contributed by atoms with van der Waals surface area (Å²) in [5, 5.41) is 12.1. The Balaban J connectivity index is 2.09. The van der Waals surface area contributed by atoms with Crippen molar-refractivity contribution in [3.63, 3.8) is 0 Å². The maximum atomic E-state index is 8.83. The number of nitrogens with zero attached hydrogens (tertiary/aromatic N) is 1. The summed E-state index contributed by atoms with van der Waals surface area (Å²) in [5.41, 5.74) is 9.30. The molecule has 18 heavy (non-hydrogen) atoms. The van der Waals surface area contributed by atoms with Crippen molar-refractivity contribution in [3.8, 4) is 6.07 Å². The Labute approximate surface area is 120 Å². The van der Waals surface area contributed by atoms with Crippen LogP contribution in [0, 0.1) is 14.9 Å². The molecule has 2 rings (SSSR count). The van der Waals surface area contributed by atoms with Crippen LogP contribution in [0.25, 0.3) is 0 Å². The number of benzene rings is 2. The number of anilines is 2. The normalized spacial score (nSPS) is 9.78. The summed E-state index contributed by atoms with van der Waals surface area (Å²) in [6.45, 7) is 0.653. The van der Waals surface area contributed by atoms with Gasteiger partial charge in [0.1, 0.15) is 0 Å². The SMILES string of the molecule is N#Cc1cccc(CNc2ccc(I)cc2N)c1. The molecular formula is C14H12IN3. The molecule has 0 spiro atoms. The van der Waals surface area contributed by atoms with E-state index in [2.05, 4.69) is 34.0 Å². The Kier molecular flexibility index (Phi) is 4.05. The first kappa shape index (κ1) is 12.7. The average Bonchev–Trinajstić information content (AvgIpc) is 2.38. The molecule has 0 amide bonds. The Hall–Kier alpha value is -1.74. The van der Waals surface area contributed by atoms with Crippen molar-refractivity contribution >= 4 is 34.0 Å². The summed E-state index contributed by atoms with van der Waals surface area (Å²) < 4.78 is 1.11. The minimum absolute atomic E-state index is 0.653. The number of hydrogen-bond acceptors (Lipinski definition) is 3. The smallest absolute Gasteiger partial charge is 0.0991 e. The molecule has 0 fully saturated rings. The number of nitriles is 1. The zero-order valence-corrected chi connectivity index (χ0v) is 11.8. The first-order valence-corrected chi connectivity index (χ1v) is 6.55. The molecule has 90 valence electrons. The summed E-state index contributed by atoms with van der Waals surface area (Å²) in [4.78, 5) is 0. The lowest BCUT2D eigenvalue weighted by atomic mass is 10.1. The molecule has 0 aliphatic carbocycles. The fourth-order valence-electron chi connectivity index (χ4n) is 1.64. The molecule has 0 saturated heterocycles. The lowest BCUT2D eigenvalue weighted by molar-refractivity contribution is 1.15. The predicted molar refractivity (Wildman–Crippen MR) is 82.1 cm³/mol. The number of nitrogens with two attached hydrogens (primary N) is 1. The standard InChI is InChI=1S/C14H12IN3/c15-12-4-5-14(13(17)7-12)18-9-11-3-1-2-10(6-11)8-16/h1-7,18H,9,17H2. The summed E-state index contributed by atoms with van der Waals surface area (Å²) in [5.74, 6) is 0. The summed E-state index contributed by atoms with van der Waals surface area (Å²) >= 11 is 2.23. The van der Waals surface area contributed by atoms with Crippen LogP contribution in [-0.2, 0) is 6.54 Å². The number of hydrogen-bond donors (Lipinski definition) is 2. The van der Waals surface area contributed by atoms with Crippen LogP contribution in [0.4, 0.5) is 11.4 Å². The molecule has 0 aromatic heterocycles. The van der Waals surface area contributed by atoms with Gasteiger partial charge in [0.25, 0.3) is 0 Å². The highest BCUT2D eigenvalue weighted by Gasteiger charge is 2.00. The van der Waals surface area contributed by atoms with Crippen molar-refractivity contribution < 1.29 is 0 Å². The summed E-state index contributed by atoms with van der Waals surface area (Å²) in [6.07, 6.45) is 0. The van der Waals surface area contributed by atoms with E-state index in [0.717, 1.165) is 20.5 Å². The van der Waals surface area contributed by atoms with Crippen LogP contribution in [-0.4, -0.2) is 0 Å². The Morgan fingerprint density at radius 3 is 2.78 bits per heavy atom. The largest absolute Gasteiger partial charge is 0.397 e. The molecule has 3 N–H and O–H groups in total. The summed E-state index contributed by atoms with van der Waals surface area (Å²) in [7, 11) is 0. The zero-order chi connectivity index (χ0) is 13.0. The monoisotopic (exact) mass is 349 g/mol. The zero-order valence-electron chi connectivity index (χ0n) is 9.65. The van der Waals surface area contributed by atoms with Crippen molar-refractivity contribution in [2.24, 2.45) is 0 Å². The van der Waals surface area contributed by atoms with Crippen LogP contribution in [0.5, 0.6) is 0 Å². The molecule has 0 atom stereocenters. The van der Waals surface area contributed by atoms with Gasteiger partial charge in [0.05, 0.1) is 23.0 Å². The third-order valence-corrected chi connectivity index (χ3v) is 3.22. The molecule has 3 nitrogen and oxygen atoms in total. The first-order valence-electron chi connectivity index (χ1n) is 5.47. The fourth-order valence-corrected chi connectivity index (χ4v) is 2.16. The molecular weight excluding hydrogens is 337 g/mol. The molecule has 0 heterocycles. The minimum atomic E-state index is 0.653. The van der Waals surface area contributed by atoms with Crippen molar-refractivity contribution in [1.82, 2.24) is 0 Å². The molecule has 4 heteroatoms. The van der Waals surface area contributed by atoms with E-state index in [1.165, 1.54) is 0 Å². The van der Waals surface area contributed by atoms with E-state index >= 15 is 0 Å². The second-order valence-electron chi connectivity index (χ2n) is 3.90. The number of nitrogen functional groups attached to an aromatic ring is 1. The second kappa shape index (κ2) is 5.74. The van der Waals surface area contributed by atoms with Crippen LogP contribution in [0.15, 0.2) is 42.5 Å². The van der Waals surface area contributed by atoms with Crippen molar-refractivity contribution in [2.75, 3.05) is 11.1 Å². The Morgan fingerprint density at radius 1 is 1.22 bits per heavy atom. The lowest BCUT2D eigenvalue weighted by Crippen LogP contribution is -2.02. The number of nitrogens with one attached hydrogen (secondary N) is 1. The van der Waals surface area contributed by atoms with Gasteiger partial charge in [0.2, 0.25) is 0 Å². The van der Waals surface area contributed by atoms with Crippen molar-refractivity contribution in [2.45, 2.75) is 6.54 Å². The highest BCUT2D eigenvalue weighted by atomic mass is 127. The van der Waals surface area contributed by atoms with E-state index in [0.29, 0.717) is 12.1 Å². The third-order valence-electron chi connectivity index (χ3n) is 2.55. The van der Waals surface area contributed by atoms with Crippen LogP contribution in [0.3, 0.4) is 0 Å². The predicted octanol–water partition coefficient (Wildman–Crippen LogP) is 3.36. The van der Waals surface area contributed by atoms with Gasteiger partial charge < -0.3 is 11.1 Å². The molecule has 0 aliphatic heterocycles. The summed E-state index contributed by atoms with van der Waals surface area (Å²) in [6, 6.07) is 15.6. The molecule has 2 aromatic rings. The van der Waals surface area contributed by atoms with Gasteiger partial charge in [-0.15, -0.1) is 0 Å². The second-order valence-corrected chi connectivity index (χ2v) is 5.14. The minimum Gasteiger partial charge on any atom is -0.397 e. The van der Waals surface area contributed by atoms with E-state index in [9.17, 15) is 0 Å². The van der Waals surface area contributed by atoms with Gasteiger partial charge in [0.15, 0.2) is 0 Å². The fraction of sp³-hybridized carbons (Fsp3) is 0.0714.